The minimum atomic E-state index is -0.298. The first kappa shape index (κ1) is 10.1. The maximum atomic E-state index is 11.4. The molecule has 0 fully saturated rings. The van der Waals surface area contributed by atoms with Crippen LogP contribution in [0.1, 0.15) is 10.4 Å². The summed E-state index contributed by atoms with van der Waals surface area (Å²) in [4.78, 5) is 11.4. The van der Waals surface area contributed by atoms with E-state index >= 15 is 0 Å². The van der Waals surface area contributed by atoms with Gasteiger partial charge < -0.3 is 0 Å². The molecule has 0 saturated heterocycles. The molecule has 0 aliphatic carbocycles. The summed E-state index contributed by atoms with van der Waals surface area (Å²) in [5.74, 6) is 4.80. The number of amides is 1. The molecule has 2 rings (SSSR count). The van der Waals surface area contributed by atoms with Gasteiger partial charge in [0.25, 0.3) is 5.91 Å². The van der Waals surface area contributed by atoms with E-state index < -0.39 is 0 Å². The van der Waals surface area contributed by atoms with Gasteiger partial charge in [0, 0.05) is 4.47 Å². The fraction of sp³-hybridized carbons (Fsp3) is 0. The van der Waals surface area contributed by atoms with Crippen molar-refractivity contribution in [2.24, 2.45) is 5.84 Å². The number of hydrogen-bond acceptors (Lipinski definition) is 2. The number of carbonyl (C=O) groups excluding carboxylic acids is 1. The smallest absolute Gasteiger partial charge is 0.266 e. The topological polar surface area (TPSA) is 55.1 Å². The molecule has 0 bridgehead atoms. The summed E-state index contributed by atoms with van der Waals surface area (Å²) in [6.07, 6.45) is 0. The van der Waals surface area contributed by atoms with Crippen LogP contribution < -0.4 is 11.3 Å². The summed E-state index contributed by atoms with van der Waals surface area (Å²) in [5.41, 5.74) is 2.66. The third-order valence-electron chi connectivity index (χ3n) is 2.21. The van der Waals surface area contributed by atoms with Crippen LogP contribution in [-0.4, -0.2) is 5.91 Å². The summed E-state index contributed by atoms with van der Waals surface area (Å²) in [6.45, 7) is 0. The number of hydrogen-bond donors (Lipinski definition) is 2. The predicted molar refractivity (Wildman–Crippen MR) is 63.3 cm³/mol. The van der Waals surface area contributed by atoms with E-state index in [-0.39, 0.29) is 5.91 Å². The summed E-state index contributed by atoms with van der Waals surface area (Å²) in [7, 11) is 0. The van der Waals surface area contributed by atoms with Gasteiger partial charge >= 0.3 is 0 Å². The van der Waals surface area contributed by atoms with E-state index in [0.717, 1.165) is 15.2 Å². The first-order chi connectivity index (χ1) is 7.22. The van der Waals surface area contributed by atoms with Crippen LogP contribution in [0.2, 0.25) is 0 Å². The van der Waals surface area contributed by atoms with Crippen molar-refractivity contribution in [2.75, 3.05) is 0 Å². The predicted octanol–water partition coefficient (Wildman–Crippen LogP) is 2.21. The van der Waals surface area contributed by atoms with Crippen LogP contribution in [0, 0.1) is 0 Å². The maximum absolute atomic E-state index is 11.4. The Hall–Kier alpha value is -1.39. The zero-order chi connectivity index (χ0) is 10.8. The molecule has 3 N–H and O–H groups in total. The Kier molecular flexibility index (Phi) is 2.70. The maximum Gasteiger partial charge on any atom is 0.266 e. The Bertz CT molecular complexity index is 525. The largest absolute Gasteiger partial charge is 0.290 e. The van der Waals surface area contributed by atoms with Crippen LogP contribution in [0.5, 0.6) is 0 Å². The summed E-state index contributed by atoms with van der Waals surface area (Å²) >= 11 is 3.34. The third-order valence-corrected chi connectivity index (χ3v) is 2.87. The Balaban J connectivity index is 2.67. The van der Waals surface area contributed by atoms with Gasteiger partial charge in [0.1, 0.15) is 0 Å². The number of hydrazine groups is 1. The quantitative estimate of drug-likeness (QED) is 0.472. The van der Waals surface area contributed by atoms with Gasteiger partial charge in [-0.25, -0.2) is 5.84 Å². The van der Waals surface area contributed by atoms with Gasteiger partial charge in [-0.2, -0.15) is 0 Å². The van der Waals surface area contributed by atoms with E-state index in [1.165, 1.54) is 0 Å². The zero-order valence-corrected chi connectivity index (χ0v) is 9.41. The molecule has 0 aromatic heterocycles. The first-order valence-electron chi connectivity index (χ1n) is 4.41. The van der Waals surface area contributed by atoms with E-state index in [9.17, 15) is 4.79 Å². The van der Waals surface area contributed by atoms with Crippen molar-refractivity contribution >= 4 is 32.6 Å². The van der Waals surface area contributed by atoms with Crippen LogP contribution in [0.25, 0.3) is 10.8 Å². The highest BCUT2D eigenvalue weighted by molar-refractivity contribution is 9.10. The van der Waals surface area contributed by atoms with Gasteiger partial charge in [-0.1, -0.05) is 24.3 Å². The molecule has 2 aromatic rings. The molecule has 15 heavy (non-hydrogen) atoms. The second kappa shape index (κ2) is 4.00. The van der Waals surface area contributed by atoms with E-state index in [1.807, 2.05) is 36.4 Å². The second-order valence-corrected chi connectivity index (χ2v) is 4.01. The van der Waals surface area contributed by atoms with Gasteiger partial charge in [0.2, 0.25) is 0 Å². The van der Waals surface area contributed by atoms with Crippen molar-refractivity contribution in [1.29, 1.82) is 0 Å². The molecule has 76 valence electrons. The van der Waals surface area contributed by atoms with Gasteiger partial charge in [-0.3, -0.25) is 10.2 Å². The Labute approximate surface area is 95.4 Å². The van der Waals surface area contributed by atoms with Crippen LogP contribution in [-0.2, 0) is 0 Å². The monoisotopic (exact) mass is 264 g/mol. The van der Waals surface area contributed by atoms with Gasteiger partial charge in [-0.05, 0) is 38.8 Å². The molecule has 0 saturated carbocycles. The van der Waals surface area contributed by atoms with Gasteiger partial charge in [0.15, 0.2) is 0 Å². The number of nitrogens with one attached hydrogen (secondary N) is 1. The number of carbonyl (C=O) groups is 1. The van der Waals surface area contributed by atoms with Crippen molar-refractivity contribution in [2.45, 2.75) is 0 Å². The Morgan fingerprint density at radius 1 is 1.20 bits per heavy atom. The second-order valence-electron chi connectivity index (χ2n) is 3.15. The van der Waals surface area contributed by atoms with Gasteiger partial charge in [0.05, 0.1) is 5.56 Å². The summed E-state index contributed by atoms with van der Waals surface area (Å²) in [6, 6.07) is 11.5. The molecule has 0 aliphatic heterocycles. The van der Waals surface area contributed by atoms with Crippen molar-refractivity contribution in [1.82, 2.24) is 5.43 Å². The van der Waals surface area contributed by atoms with Crippen molar-refractivity contribution in [3.8, 4) is 0 Å². The molecule has 0 radical (unpaired) electrons. The fourth-order valence-electron chi connectivity index (χ4n) is 1.46. The molecule has 4 heteroatoms. The number of halogens is 1. The van der Waals surface area contributed by atoms with Crippen molar-refractivity contribution < 1.29 is 4.79 Å². The summed E-state index contributed by atoms with van der Waals surface area (Å²) in [5, 5.41) is 2.09. The number of fused-ring (bicyclic) bond motifs is 1. The molecular formula is C11H9BrN2O. The highest BCUT2D eigenvalue weighted by Gasteiger charge is 2.09. The average Bonchev–Trinajstić information content (AvgIpc) is 2.27. The number of nitrogens with two attached hydrogens (primary N) is 1. The van der Waals surface area contributed by atoms with E-state index in [4.69, 9.17) is 5.84 Å². The Morgan fingerprint density at radius 2 is 1.80 bits per heavy atom. The number of benzene rings is 2. The Morgan fingerprint density at radius 3 is 2.40 bits per heavy atom. The lowest BCUT2D eigenvalue weighted by Crippen LogP contribution is -2.30. The standard InChI is InChI=1S/C11H9BrN2O/c12-10-6-8-4-2-1-3-7(8)5-9(10)11(15)14-13/h1-6H,13H2,(H,14,15). The lowest BCUT2D eigenvalue weighted by molar-refractivity contribution is 0.0953. The normalized spacial score (nSPS) is 10.3. The average molecular weight is 265 g/mol. The number of rotatable bonds is 1. The molecule has 0 atom stereocenters. The van der Waals surface area contributed by atoms with Crippen LogP contribution in [0.3, 0.4) is 0 Å². The minimum absolute atomic E-state index is 0.298. The van der Waals surface area contributed by atoms with Gasteiger partial charge in [-0.15, -0.1) is 0 Å². The van der Waals surface area contributed by atoms with Crippen LogP contribution >= 0.6 is 15.9 Å². The highest BCUT2D eigenvalue weighted by atomic mass is 79.9. The molecule has 2 aromatic carbocycles. The summed E-state index contributed by atoms with van der Waals surface area (Å²) < 4.78 is 0.740. The molecule has 0 spiro atoms. The minimum Gasteiger partial charge on any atom is -0.290 e. The molecular weight excluding hydrogens is 256 g/mol. The lowest BCUT2D eigenvalue weighted by Gasteiger charge is -2.05. The van der Waals surface area contributed by atoms with Crippen molar-refractivity contribution in [3.63, 3.8) is 0 Å². The van der Waals surface area contributed by atoms with Crippen molar-refractivity contribution in [3.05, 3.63) is 46.4 Å². The molecule has 0 aliphatic rings. The first-order valence-corrected chi connectivity index (χ1v) is 5.21. The number of nitrogen functional groups attached to an aromatic ring is 1. The van der Waals surface area contributed by atoms with E-state index in [2.05, 4.69) is 21.4 Å². The van der Waals surface area contributed by atoms with E-state index in [1.54, 1.807) is 0 Å². The fourth-order valence-corrected chi connectivity index (χ4v) is 2.01. The highest BCUT2D eigenvalue weighted by Crippen LogP contribution is 2.24. The van der Waals surface area contributed by atoms with Crippen LogP contribution in [0.4, 0.5) is 0 Å². The molecule has 0 heterocycles. The molecule has 3 nitrogen and oxygen atoms in total. The third kappa shape index (κ3) is 1.86. The SMILES string of the molecule is NNC(=O)c1cc2ccccc2cc1Br. The molecule has 1 amide bonds. The van der Waals surface area contributed by atoms with Crippen LogP contribution in [0.15, 0.2) is 40.9 Å². The lowest BCUT2D eigenvalue weighted by atomic mass is 10.1. The molecule has 0 unspecified atom stereocenters. The van der Waals surface area contributed by atoms with E-state index in [0.29, 0.717) is 5.56 Å². The zero-order valence-electron chi connectivity index (χ0n) is 7.83.